The number of ether oxygens (including phenoxy) is 1. The van der Waals surface area contributed by atoms with Crippen molar-refractivity contribution in [2.75, 3.05) is 11.9 Å². The average molecular weight is 429 g/mol. The topological polar surface area (TPSA) is 66.9 Å². The molecule has 1 aliphatic heterocycles. The second-order valence-electron chi connectivity index (χ2n) is 8.45. The second-order valence-corrected chi connectivity index (χ2v) is 8.86. The van der Waals surface area contributed by atoms with E-state index in [1.54, 1.807) is 20.8 Å². The molecule has 9 heteroatoms. The van der Waals surface area contributed by atoms with Gasteiger partial charge in [0.1, 0.15) is 23.3 Å². The zero-order valence-electron chi connectivity index (χ0n) is 16.7. The number of amides is 3. The first-order valence-corrected chi connectivity index (χ1v) is 9.78. The minimum Gasteiger partial charge on any atom is -0.443 e. The Morgan fingerprint density at radius 3 is 2.48 bits per heavy atom. The van der Waals surface area contributed by atoms with Crippen molar-refractivity contribution in [1.82, 2.24) is 4.90 Å². The summed E-state index contributed by atoms with van der Waals surface area (Å²) in [5, 5.41) is -0.341. The van der Waals surface area contributed by atoms with Crippen molar-refractivity contribution in [2.24, 2.45) is 11.8 Å². The van der Waals surface area contributed by atoms with Crippen LogP contribution in [0.25, 0.3) is 0 Å². The molecule has 1 aromatic rings. The van der Waals surface area contributed by atoms with Gasteiger partial charge in [-0.05, 0) is 39.7 Å². The van der Waals surface area contributed by atoms with Crippen LogP contribution in [0.1, 0.15) is 40.0 Å². The zero-order valence-corrected chi connectivity index (χ0v) is 17.4. The Hall–Kier alpha value is -2.22. The summed E-state index contributed by atoms with van der Waals surface area (Å²) in [6, 6.07) is 0.480. The number of carbonyl (C=O) groups excluding carboxylic acids is 3. The van der Waals surface area contributed by atoms with Crippen LogP contribution in [0.15, 0.2) is 12.1 Å². The molecule has 1 heterocycles. The molecule has 3 rings (SSSR count). The van der Waals surface area contributed by atoms with Crippen LogP contribution in [0.5, 0.6) is 0 Å². The number of anilines is 1. The van der Waals surface area contributed by atoms with Crippen LogP contribution >= 0.6 is 11.6 Å². The zero-order chi connectivity index (χ0) is 21.7. The molecule has 6 nitrogen and oxygen atoms in total. The molecule has 29 heavy (non-hydrogen) atoms. The fourth-order valence-electron chi connectivity index (χ4n) is 4.07. The fraction of sp³-hybridized carbons (Fsp3) is 0.550. The summed E-state index contributed by atoms with van der Waals surface area (Å²) in [4.78, 5) is 40.7. The van der Waals surface area contributed by atoms with Gasteiger partial charge in [0.15, 0.2) is 0 Å². The molecule has 3 amide bonds. The number of imide groups is 1. The number of rotatable bonds is 2. The summed E-state index contributed by atoms with van der Waals surface area (Å²) < 4.78 is 33.1. The normalized spacial score (nSPS) is 23.9. The molecule has 1 saturated heterocycles. The number of fused-ring (bicyclic) bond motifs is 1. The van der Waals surface area contributed by atoms with Crippen molar-refractivity contribution in [1.29, 1.82) is 0 Å². The van der Waals surface area contributed by atoms with Crippen molar-refractivity contribution in [3.63, 3.8) is 0 Å². The summed E-state index contributed by atoms with van der Waals surface area (Å²) in [6.07, 6.45) is 1.02. The van der Waals surface area contributed by atoms with Crippen molar-refractivity contribution in [3.05, 3.63) is 28.8 Å². The van der Waals surface area contributed by atoms with E-state index >= 15 is 0 Å². The molecule has 158 valence electrons. The van der Waals surface area contributed by atoms with E-state index in [4.69, 9.17) is 16.3 Å². The van der Waals surface area contributed by atoms with E-state index in [1.165, 1.54) is 7.05 Å². The lowest BCUT2D eigenvalue weighted by Crippen LogP contribution is -2.51. The first-order valence-electron chi connectivity index (χ1n) is 9.40. The van der Waals surface area contributed by atoms with Gasteiger partial charge in [-0.2, -0.15) is 0 Å². The van der Waals surface area contributed by atoms with Gasteiger partial charge in [0.25, 0.3) is 5.91 Å². The summed E-state index contributed by atoms with van der Waals surface area (Å²) in [7, 11) is 1.30. The maximum Gasteiger partial charge on any atom is 0.417 e. The Morgan fingerprint density at radius 2 is 1.86 bits per heavy atom. The SMILES string of the molecule is CN(C(=O)C1C2CCCC2C(=O)N1C(=O)OC(C)(C)C)c1cc(Cl)c(F)cc1F. The van der Waals surface area contributed by atoms with Crippen LogP contribution in [0.3, 0.4) is 0 Å². The Balaban J connectivity index is 1.96. The van der Waals surface area contributed by atoms with Crippen molar-refractivity contribution in [3.8, 4) is 0 Å². The molecule has 0 radical (unpaired) electrons. The van der Waals surface area contributed by atoms with Crippen molar-refractivity contribution < 1.29 is 27.9 Å². The lowest BCUT2D eigenvalue weighted by molar-refractivity contribution is -0.135. The number of hydrogen-bond acceptors (Lipinski definition) is 4. The standard InChI is InChI=1S/C20H23ClF2N2O4/c1-20(2,3)29-19(28)25-16(10-6-5-7-11(10)17(25)26)18(27)24(4)15-8-12(21)13(22)9-14(15)23/h8-11,16H,5-7H2,1-4H3. The Morgan fingerprint density at radius 1 is 1.21 bits per heavy atom. The maximum atomic E-state index is 14.3. The third-order valence-corrected chi connectivity index (χ3v) is 5.62. The summed E-state index contributed by atoms with van der Waals surface area (Å²) in [6.45, 7) is 4.97. The molecule has 2 fully saturated rings. The van der Waals surface area contributed by atoms with Crippen molar-refractivity contribution in [2.45, 2.75) is 51.7 Å². The van der Waals surface area contributed by atoms with Gasteiger partial charge >= 0.3 is 6.09 Å². The summed E-state index contributed by atoms with van der Waals surface area (Å²) in [5.74, 6) is -3.85. The highest BCUT2D eigenvalue weighted by Crippen LogP contribution is 2.44. The van der Waals surface area contributed by atoms with Crippen LogP contribution in [-0.2, 0) is 14.3 Å². The number of likely N-dealkylation sites (tertiary alicyclic amines) is 1. The number of hydrogen-bond donors (Lipinski definition) is 0. The number of carbonyl (C=O) groups is 3. The molecule has 3 atom stereocenters. The molecule has 1 aromatic carbocycles. The highest BCUT2D eigenvalue weighted by Gasteiger charge is 2.57. The van der Waals surface area contributed by atoms with E-state index in [0.29, 0.717) is 18.9 Å². The van der Waals surface area contributed by atoms with Gasteiger partial charge in [-0.3, -0.25) is 9.59 Å². The van der Waals surface area contributed by atoms with E-state index in [-0.39, 0.29) is 16.6 Å². The quantitative estimate of drug-likeness (QED) is 0.664. The lowest BCUT2D eigenvalue weighted by atomic mass is 9.93. The first kappa shape index (κ1) is 21.5. The van der Waals surface area contributed by atoms with Gasteiger partial charge in [-0.25, -0.2) is 18.5 Å². The molecule has 3 unspecified atom stereocenters. The third-order valence-electron chi connectivity index (χ3n) is 5.33. The summed E-state index contributed by atoms with van der Waals surface area (Å²) >= 11 is 5.74. The van der Waals surface area contributed by atoms with Crippen LogP contribution in [-0.4, -0.2) is 41.5 Å². The van der Waals surface area contributed by atoms with Crippen LogP contribution in [0.2, 0.25) is 5.02 Å². The number of likely N-dealkylation sites (N-methyl/N-ethyl adjacent to an activating group) is 1. The van der Waals surface area contributed by atoms with E-state index in [0.717, 1.165) is 22.3 Å². The largest absolute Gasteiger partial charge is 0.443 e. The Labute approximate surface area is 172 Å². The van der Waals surface area contributed by atoms with E-state index in [2.05, 4.69) is 0 Å². The van der Waals surface area contributed by atoms with Gasteiger partial charge in [0, 0.05) is 24.9 Å². The van der Waals surface area contributed by atoms with Gasteiger partial charge in [0.05, 0.1) is 10.7 Å². The number of nitrogens with zero attached hydrogens (tertiary/aromatic N) is 2. The summed E-state index contributed by atoms with van der Waals surface area (Å²) in [5.41, 5.74) is -1.09. The van der Waals surface area contributed by atoms with Gasteiger partial charge in [0.2, 0.25) is 5.91 Å². The highest BCUT2D eigenvalue weighted by molar-refractivity contribution is 6.31. The molecule has 2 aliphatic rings. The highest BCUT2D eigenvalue weighted by atomic mass is 35.5. The first-order chi connectivity index (χ1) is 13.4. The van der Waals surface area contributed by atoms with Gasteiger partial charge < -0.3 is 9.64 Å². The lowest BCUT2D eigenvalue weighted by Gasteiger charge is -2.31. The van der Waals surface area contributed by atoms with Gasteiger partial charge in [-0.15, -0.1) is 0 Å². The molecule has 0 bridgehead atoms. The Kier molecular flexibility index (Phi) is 5.60. The molecular formula is C20H23ClF2N2O4. The monoisotopic (exact) mass is 428 g/mol. The molecule has 0 N–H and O–H groups in total. The molecule has 1 saturated carbocycles. The molecular weight excluding hydrogens is 406 g/mol. The maximum absolute atomic E-state index is 14.3. The Bertz CT molecular complexity index is 871. The molecule has 0 spiro atoms. The minimum atomic E-state index is -1.11. The average Bonchev–Trinajstić information content (AvgIpc) is 3.17. The predicted molar refractivity (Wildman–Crippen MR) is 102 cm³/mol. The second kappa shape index (κ2) is 7.55. The van der Waals surface area contributed by atoms with E-state index in [1.807, 2.05) is 0 Å². The number of benzene rings is 1. The number of halogens is 3. The van der Waals surface area contributed by atoms with Crippen molar-refractivity contribution >= 4 is 35.2 Å². The van der Waals surface area contributed by atoms with Crippen LogP contribution < -0.4 is 4.90 Å². The van der Waals surface area contributed by atoms with E-state index in [9.17, 15) is 23.2 Å². The van der Waals surface area contributed by atoms with Crippen LogP contribution in [0.4, 0.5) is 19.3 Å². The molecule has 1 aliphatic carbocycles. The van der Waals surface area contributed by atoms with Gasteiger partial charge in [-0.1, -0.05) is 18.0 Å². The smallest absolute Gasteiger partial charge is 0.417 e. The third kappa shape index (κ3) is 3.95. The molecule has 0 aromatic heterocycles. The predicted octanol–water partition coefficient (Wildman–Crippen LogP) is 4.14. The minimum absolute atomic E-state index is 0.237. The fourth-order valence-corrected chi connectivity index (χ4v) is 4.23. The van der Waals surface area contributed by atoms with E-state index < -0.39 is 47.1 Å². The van der Waals surface area contributed by atoms with Crippen LogP contribution in [0, 0.1) is 23.5 Å².